The topological polar surface area (TPSA) is 54.6 Å². The van der Waals surface area contributed by atoms with Gasteiger partial charge < -0.3 is 9.73 Å². The van der Waals surface area contributed by atoms with Crippen LogP contribution in [0, 0.1) is 5.92 Å². The summed E-state index contributed by atoms with van der Waals surface area (Å²) in [5, 5.41) is 4.14. The van der Waals surface area contributed by atoms with Crippen molar-refractivity contribution in [3.05, 3.63) is 52.1 Å². The molecule has 0 radical (unpaired) electrons. The number of amides is 1. The van der Waals surface area contributed by atoms with Crippen LogP contribution in [0.1, 0.15) is 18.6 Å². The third-order valence-electron chi connectivity index (χ3n) is 3.85. The Bertz CT molecular complexity index is 852. The highest BCUT2D eigenvalue weighted by Crippen LogP contribution is 2.32. The van der Waals surface area contributed by atoms with Crippen molar-refractivity contribution in [3.8, 4) is 11.3 Å². The van der Waals surface area contributed by atoms with E-state index in [0.29, 0.717) is 26.8 Å². The lowest BCUT2D eigenvalue weighted by molar-refractivity contribution is -0.115. The second-order valence-electron chi connectivity index (χ2n) is 5.87. The zero-order valence-electron chi connectivity index (χ0n) is 12.8. The zero-order valence-corrected chi connectivity index (χ0v) is 14.4. The van der Waals surface area contributed by atoms with E-state index in [0.717, 1.165) is 17.9 Å². The Morgan fingerprint density at radius 3 is 3.00 bits per heavy atom. The quantitative estimate of drug-likeness (QED) is 0.814. The van der Waals surface area contributed by atoms with Crippen LogP contribution >= 0.6 is 23.4 Å². The smallest absolute Gasteiger partial charge is 0.264 e. The summed E-state index contributed by atoms with van der Waals surface area (Å²) in [6, 6.07) is 11.2. The van der Waals surface area contributed by atoms with Crippen LogP contribution in [0.15, 0.2) is 50.7 Å². The Morgan fingerprint density at radius 2 is 2.21 bits per heavy atom. The van der Waals surface area contributed by atoms with E-state index in [2.05, 4.69) is 10.3 Å². The van der Waals surface area contributed by atoms with Gasteiger partial charge in [0.1, 0.15) is 11.5 Å². The van der Waals surface area contributed by atoms with E-state index in [1.807, 2.05) is 36.4 Å². The van der Waals surface area contributed by atoms with Gasteiger partial charge in [0.25, 0.3) is 5.91 Å². The molecule has 2 heterocycles. The normalized spacial score (nSPS) is 20.8. The van der Waals surface area contributed by atoms with Crippen molar-refractivity contribution >= 4 is 40.5 Å². The monoisotopic (exact) mass is 358 g/mol. The minimum atomic E-state index is -0.129. The second kappa shape index (κ2) is 6.49. The number of benzene rings is 1. The van der Waals surface area contributed by atoms with E-state index < -0.39 is 0 Å². The first-order chi connectivity index (χ1) is 11.7. The fourth-order valence-electron chi connectivity index (χ4n) is 2.37. The molecule has 2 aliphatic rings. The molecule has 1 amide bonds. The molecule has 1 aromatic carbocycles. The maximum Gasteiger partial charge on any atom is 0.264 e. The van der Waals surface area contributed by atoms with Crippen LogP contribution < -0.4 is 5.32 Å². The summed E-state index contributed by atoms with van der Waals surface area (Å²) in [6.45, 7) is 0.801. The standard InChI is InChI=1S/C18H15ClN2O2S/c19-13-3-1-2-12(8-13)15-7-6-14(23-15)9-16-17(22)21-18(24-16)20-10-11-4-5-11/h1-3,6-9,11H,4-5,10H2,(H,20,21,22)/b16-9-. The van der Waals surface area contributed by atoms with Crippen LogP contribution in [0.2, 0.25) is 5.02 Å². The highest BCUT2D eigenvalue weighted by Gasteiger charge is 2.26. The maximum absolute atomic E-state index is 12.0. The highest BCUT2D eigenvalue weighted by molar-refractivity contribution is 8.18. The van der Waals surface area contributed by atoms with Crippen LogP contribution in [0.3, 0.4) is 0 Å². The van der Waals surface area contributed by atoms with Crippen molar-refractivity contribution in [2.45, 2.75) is 12.8 Å². The maximum atomic E-state index is 12.0. The molecule has 0 bridgehead atoms. The van der Waals surface area contributed by atoms with E-state index in [9.17, 15) is 4.79 Å². The summed E-state index contributed by atoms with van der Waals surface area (Å²) >= 11 is 7.37. The summed E-state index contributed by atoms with van der Waals surface area (Å²) in [6.07, 6.45) is 4.24. The molecular formula is C18H15ClN2O2S. The molecule has 4 nitrogen and oxygen atoms in total. The van der Waals surface area contributed by atoms with Gasteiger partial charge in [-0.2, -0.15) is 0 Å². The second-order valence-corrected chi connectivity index (χ2v) is 7.33. The van der Waals surface area contributed by atoms with Crippen LogP contribution in [0.25, 0.3) is 17.4 Å². The molecular weight excluding hydrogens is 344 g/mol. The van der Waals surface area contributed by atoms with E-state index in [-0.39, 0.29) is 5.91 Å². The van der Waals surface area contributed by atoms with Gasteiger partial charge in [0, 0.05) is 23.2 Å². The Balaban J connectivity index is 1.51. The number of carbonyl (C=O) groups excluding carboxylic acids is 1. The summed E-state index contributed by atoms with van der Waals surface area (Å²) in [5.74, 6) is 1.92. The van der Waals surface area contributed by atoms with Gasteiger partial charge in [-0.25, -0.2) is 0 Å². The number of rotatable bonds is 4. The molecule has 1 N–H and O–H groups in total. The first kappa shape index (κ1) is 15.5. The molecule has 1 aromatic heterocycles. The number of nitrogens with one attached hydrogen (secondary N) is 1. The Kier molecular flexibility index (Phi) is 4.21. The summed E-state index contributed by atoms with van der Waals surface area (Å²) in [4.78, 5) is 17.1. The van der Waals surface area contributed by atoms with Crippen LogP contribution in [0.5, 0.6) is 0 Å². The number of carbonyl (C=O) groups is 1. The number of thioether (sulfide) groups is 1. The fourth-order valence-corrected chi connectivity index (χ4v) is 3.37. The third-order valence-corrected chi connectivity index (χ3v) is 5.03. The van der Waals surface area contributed by atoms with Crippen molar-refractivity contribution in [1.29, 1.82) is 0 Å². The van der Waals surface area contributed by atoms with Gasteiger partial charge in [-0.05, 0) is 54.8 Å². The predicted molar refractivity (Wildman–Crippen MR) is 97.9 cm³/mol. The molecule has 1 aliphatic carbocycles. The molecule has 2 aromatic rings. The Morgan fingerprint density at radius 1 is 1.33 bits per heavy atom. The lowest BCUT2D eigenvalue weighted by atomic mass is 10.2. The highest BCUT2D eigenvalue weighted by atomic mass is 35.5. The summed E-state index contributed by atoms with van der Waals surface area (Å²) in [7, 11) is 0. The molecule has 122 valence electrons. The number of nitrogens with zero attached hydrogens (tertiary/aromatic N) is 1. The van der Waals surface area contributed by atoms with E-state index >= 15 is 0 Å². The number of hydrogen-bond donors (Lipinski definition) is 1. The van der Waals surface area contributed by atoms with Gasteiger partial charge in [-0.1, -0.05) is 23.7 Å². The van der Waals surface area contributed by atoms with Crippen molar-refractivity contribution in [3.63, 3.8) is 0 Å². The van der Waals surface area contributed by atoms with Crippen molar-refractivity contribution in [2.75, 3.05) is 6.54 Å². The molecule has 0 unspecified atom stereocenters. The lowest BCUT2D eigenvalue weighted by Crippen LogP contribution is -2.20. The van der Waals surface area contributed by atoms with Crippen LogP contribution in [0.4, 0.5) is 0 Å². The largest absolute Gasteiger partial charge is 0.457 e. The molecule has 2 fully saturated rings. The van der Waals surface area contributed by atoms with Gasteiger partial charge in [0.15, 0.2) is 5.17 Å². The number of aliphatic imine (C=N–C) groups is 1. The van der Waals surface area contributed by atoms with Crippen LogP contribution in [-0.2, 0) is 4.79 Å². The molecule has 1 aliphatic heterocycles. The van der Waals surface area contributed by atoms with Gasteiger partial charge in [0.05, 0.1) is 4.91 Å². The SMILES string of the molecule is O=C1NC(=NCC2CC2)S/C1=C\c1ccc(-c2cccc(Cl)c2)o1. The number of halogens is 1. The van der Waals surface area contributed by atoms with E-state index in [1.54, 1.807) is 6.08 Å². The van der Waals surface area contributed by atoms with Crippen molar-refractivity contribution in [2.24, 2.45) is 10.9 Å². The summed E-state index contributed by atoms with van der Waals surface area (Å²) < 4.78 is 5.81. The minimum Gasteiger partial charge on any atom is -0.457 e. The van der Waals surface area contributed by atoms with Gasteiger partial charge in [-0.3, -0.25) is 9.79 Å². The van der Waals surface area contributed by atoms with Gasteiger partial charge >= 0.3 is 0 Å². The zero-order chi connectivity index (χ0) is 16.5. The lowest BCUT2D eigenvalue weighted by Gasteiger charge is -1.97. The van der Waals surface area contributed by atoms with E-state index in [1.165, 1.54) is 24.6 Å². The average Bonchev–Trinajstić information content (AvgIpc) is 3.17. The molecule has 1 saturated heterocycles. The summed E-state index contributed by atoms with van der Waals surface area (Å²) in [5.41, 5.74) is 0.905. The Labute approximate surface area is 149 Å². The van der Waals surface area contributed by atoms with Crippen molar-refractivity contribution in [1.82, 2.24) is 5.32 Å². The molecule has 4 rings (SSSR count). The van der Waals surface area contributed by atoms with Gasteiger partial charge in [-0.15, -0.1) is 0 Å². The third kappa shape index (κ3) is 3.57. The molecule has 0 spiro atoms. The molecule has 0 atom stereocenters. The Hall–Kier alpha value is -1.98. The number of hydrogen-bond acceptors (Lipinski definition) is 4. The van der Waals surface area contributed by atoms with Gasteiger partial charge in [0.2, 0.25) is 0 Å². The predicted octanol–water partition coefficient (Wildman–Crippen LogP) is 4.57. The average molecular weight is 359 g/mol. The number of amidine groups is 1. The minimum absolute atomic E-state index is 0.129. The van der Waals surface area contributed by atoms with E-state index in [4.69, 9.17) is 16.0 Å². The fraction of sp³-hybridized carbons (Fsp3) is 0.222. The van der Waals surface area contributed by atoms with Crippen molar-refractivity contribution < 1.29 is 9.21 Å². The molecule has 24 heavy (non-hydrogen) atoms. The number of furan rings is 1. The first-order valence-corrected chi connectivity index (χ1v) is 8.98. The molecule has 6 heteroatoms. The first-order valence-electron chi connectivity index (χ1n) is 7.78. The van der Waals surface area contributed by atoms with Crippen LogP contribution in [-0.4, -0.2) is 17.6 Å². The molecule has 1 saturated carbocycles.